The molecule has 0 spiro atoms. The van der Waals surface area contributed by atoms with Crippen LogP contribution in [0.15, 0.2) is 0 Å². The van der Waals surface area contributed by atoms with E-state index in [0.717, 1.165) is 25.7 Å². The van der Waals surface area contributed by atoms with E-state index in [4.69, 9.17) is 15.2 Å². The van der Waals surface area contributed by atoms with Gasteiger partial charge in [-0.3, -0.25) is 0 Å². The van der Waals surface area contributed by atoms with Crippen LogP contribution < -0.4 is 5.73 Å². The van der Waals surface area contributed by atoms with E-state index in [2.05, 4.69) is 0 Å². The molecule has 0 amide bonds. The third-order valence-electron chi connectivity index (χ3n) is 3.72. The molecule has 17 heavy (non-hydrogen) atoms. The molecule has 2 aliphatic rings. The first kappa shape index (κ1) is 12.8. The number of rotatable bonds is 3. The summed E-state index contributed by atoms with van der Waals surface area (Å²) in [5.41, 5.74) is 5.52. The maximum Gasteiger partial charge on any atom is 0.335 e. The highest BCUT2D eigenvalue weighted by molar-refractivity contribution is 5.75. The summed E-state index contributed by atoms with van der Waals surface area (Å²) in [6, 6.07) is 0. The summed E-state index contributed by atoms with van der Waals surface area (Å²) in [5.74, 6) is -0.173. The van der Waals surface area contributed by atoms with Gasteiger partial charge in [-0.1, -0.05) is 12.8 Å². The van der Waals surface area contributed by atoms with Gasteiger partial charge in [0.1, 0.15) is 6.10 Å². The summed E-state index contributed by atoms with van der Waals surface area (Å²) in [6.45, 7) is 0.493. The second kappa shape index (κ2) is 6.36. The van der Waals surface area contributed by atoms with E-state index in [1.165, 1.54) is 25.7 Å². The van der Waals surface area contributed by atoms with Crippen LogP contribution >= 0.6 is 0 Å². The second-order valence-corrected chi connectivity index (χ2v) is 5.11. The molecule has 2 unspecified atom stereocenters. The van der Waals surface area contributed by atoms with Gasteiger partial charge < -0.3 is 15.2 Å². The van der Waals surface area contributed by atoms with Gasteiger partial charge in [-0.15, -0.1) is 0 Å². The number of carbonyl (C=O) groups is 1. The van der Waals surface area contributed by atoms with Gasteiger partial charge in [-0.05, 0) is 38.5 Å². The van der Waals surface area contributed by atoms with E-state index in [1.807, 2.05) is 0 Å². The first-order valence-corrected chi connectivity index (χ1v) is 6.85. The zero-order chi connectivity index (χ0) is 12.1. The van der Waals surface area contributed by atoms with Crippen LogP contribution in [0.25, 0.3) is 0 Å². The molecule has 0 radical (unpaired) electrons. The van der Waals surface area contributed by atoms with Crippen LogP contribution in [0.2, 0.25) is 0 Å². The van der Waals surface area contributed by atoms with Crippen molar-refractivity contribution in [1.29, 1.82) is 0 Å². The van der Waals surface area contributed by atoms with Gasteiger partial charge in [-0.25, -0.2) is 4.79 Å². The lowest BCUT2D eigenvalue weighted by Gasteiger charge is -2.18. The molecular weight excluding hydrogens is 218 g/mol. The van der Waals surface area contributed by atoms with E-state index < -0.39 is 0 Å². The number of carbonyl (C=O) groups excluding carboxylic acids is 1. The van der Waals surface area contributed by atoms with Gasteiger partial charge in [0.2, 0.25) is 0 Å². The van der Waals surface area contributed by atoms with Crippen molar-refractivity contribution in [1.82, 2.24) is 0 Å². The van der Waals surface area contributed by atoms with Crippen LogP contribution in [-0.2, 0) is 14.3 Å². The Morgan fingerprint density at radius 2 is 1.82 bits per heavy atom. The minimum absolute atomic E-state index is 0.0432. The molecule has 1 aliphatic heterocycles. The zero-order valence-corrected chi connectivity index (χ0v) is 10.4. The number of hydrogen-bond donors (Lipinski definition) is 1. The van der Waals surface area contributed by atoms with Gasteiger partial charge in [0, 0.05) is 6.54 Å². The maximum absolute atomic E-state index is 11.9. The van der Waals surface area contributed by atoms with E-state index in [0.29, 0.717) is 6.54 Å². The largest absolute Gasteiger partial charge is 0.460 e. The van der Waals surface area contributed by atoms with Crippen LogP contribution in [0.3, 0.4) is 0 Å². The molecule has 2 rings (SSSR count). The highest BCUT2D eigenvalue weighted by atomic mass is 16.6. The van der Waals surface area contributed by atoms with Crippen molar-refractivity contribution >= 4 is 5.97 Å². The SMILES string of the molecule is NCC1CCC(C(=O)OC2CCCCCC2)O1. The summed E-state index contributed by atoms with van der Waals surface area (Å²) < 4.78 is 11.1. The number of nitrogens with two attached hydrogens (primary N) is 1. The predicted molar refractivity (Wildman–Crippen MR) is 64.5 cm³/mol. The normalized spacial score (nSPS) is 31.1. The second-order valence-electron chi connectivity index (χ2n) is 5.11. The smallest absolute Gasteiger partial charge is 0.335 e. The Kier molecular flexibility index (Phi) is 4.80. The molecule has 2 atom stereocenters. The van der Waals surface area contributed by atoms with Crippen molar-refractivity contribution in [2.24, 2.45) is 5.73 Å². The lowest BCUT2D eigenvalue weighted by atomic mass is 10.1. The first-order chi connectivity index (χ1) is 8.29. The van der Waals surface area contributed by atoms with Crippen LogP contribution in [0.1, 0.15) is 51.4 Å². The first-order valence-electron chi connectivity index (χ1n) is 6.85. The summed E-state index contributed by atoms with van der Waals surface area (Å²) in [6.07, 6.45) is 8.33. The molecule has 4 nitrogen and oxygen atoms in total. The molecule has 1 saturated carbocycles. The lowest BCUT2D eigenvalue weighted by Crippen LogP contribution is -2.29. The topological polar surface area (TPSA) is 61.6 Å². The molecule has 98 valence electrons. The molecule has 1 heterocycles. The minimum Gasteiger partial charge on any atom is -0.460 e. The molecule has 1 aliphatic carbocycles. The number of ether oxygens (including phenoxy) is 2. The highest BCUT2D eigenvalue weighted by Crippen LogP contribution is 2.24. The van der Waals surface area contributed by atoms with E-state index in [1.54, 1.807) is 0 Å². The van der Waals surface area contributed by atoms with Gasteiger partial charge in [0.15, 0.2) is 6.10 Å². The lowest BCUT2D eigenvalue weighted by molar-refractivity contribution is -0.162. The quantitative estimate of drug-likeness (QED) is 0.604. The van der Waals surface area contributed by atoms with Gasteiger partial charge in [-0.2, -0.15) is 0 Å². The van der Waals surface area contributed by atoms with Crippen molar-refractivity contribution in [3.8, 4) is 0 Å². The Labute approximate surface area is 103 Å². The Morgan fingerprint density at radius 3 is 2.41 bits per heavy atom. The Balaban J connectivity index is 1.76. The van der Waals surface area contributed by atoms with Crippen molar-refractivity contribution in [3.63, 3.8) is 0 Å². The van der Waals surface area contributed by atoms with Crippen LogP contribution in [0, 0.1) is 0 Å². The molecule has 4 heteroatoms. The standard InChI is InChI=1S/C13H23NO3/c14-9-11-7-8-12(16-11)13(15)17-10-5-3-1-2-4-6-10/h10-12H,1-9,14H2. The predicted octanol–water partition coefficient (Wildman–Crippen LogP) is 1.76. The van der Waals surface area contributed by atoms with Crippen LogP contribution in [0.4, 0.5) is 0 Å². The number of esters is 1. The zero-order valence-electron chi connectivity index (χ0n) is 10.4. The molecule has 0 aromatic carbocycles. The van der Waals surface area contributed by atoms with Gasteiger partial charge >= 0.3 is 5.97 Å². The third-order valence-corrected chi connectivity index (χ3v) is 3.72. The fraction of sp³-hybridized carbons (Fsp3) is 0.923. The van der Waals surface area contributed by atoms with Crippen LogP contribution in [0.5, 0.6) is 0 Å². The molecular formula is C13H23NO3. The van der Waals surface area contributed by atoms with Crippen molar-refractivity contribution in [3.05, 3.63) is 0 Å². The monoisotopic (exact) mass is 241 g/mol. The van der Waals surface area contributed by atoms with Gasteiger partial charge in [0.05, 0.1) is 6.10 Å². The fourth-order valence-electron chi connectivity index (χ4n) is 2.65. The molecule has 2 fully saturated rings. The number of hydrogen-bond acceptors (Lipinski definition) is 4. The Hall–Kier alpha value is -0.610. The van der Waals surface area contributed by atoms with E-state index >= 15 is 0 Å². The summed E-state index contributed by atoms with van der Waals surface area (Å²) in [4.78, 5) is 11.9. The minimum atomic E-state index is -0.369. The molecule has 2 N–H and O–H groups in total. The summed E-state index contributed by atoms with van der Waals surface area (Å²) >= 11 is 0. The average molecular weight is 241 g/mol. The Morgan fingerprint density at radius 1 is 1.12 bits per heavy atom. The van der Waals surface area contributed by atoms with Gasteiger partial charge in [0.25, 0.3) is 0 Å². The molecule has 0 aromatic rings. The maximum atomic E-state index is 11.9. The molecule has 0 aromatic heterocycles. The van der Waals surface area contributed by atoms with Crippen molar-refractivity contribution in [2.75, 3.05) is 6.54 Å². The van der Waals surface area contributed by atoms with E-state index in [9.17, 15) is 4.79 Å². The Bertz CT molecular complexity index is 249. The third kappa shape index (κ3) is 3.68. The van der Waals surface area contributed by atoms with Crippen molar-refractivity contribution in [2.45, 2.75) is 69.7 Å². The summed E-state index contributed by atoms with van der Waals surface area (Å²) in [7, 11) is 0. The average Bonchev–Trinajstić information content (AvgIpc) is 2.68. The van der Waals surface area contributed by atoms with E-state index in [-0.39, 0.29) is 24.3 Å². The fourth-order valence-corrected chi connectivity index (χ4v) is 2.65. The van der Waals surface area contributed by atoms with Crippen molar-refractivity contribution < 1.29 is 14.3 Å². The molecule has 0 bridgehead atoms. The van der Waals surface area contributed by atoms with Crippen LogP contribution in [-0.4, -0.2) is 30.8 Å². The highest BCUT2D eigenvalue weighted by Gasteiger charge is 2.32. The molecule has 1 saturated heterocycles. The summed E-state index contributed by atoms with van der Waals surface area (Å²) in [5, 5.41) is 0.